The van der Waals surface area contributed by atoms with Crippen molar-refractivity contribution >= 4 is 33.4 Å². The van der Waals surface area contributed by atoms with E-state index in [0.29, 0.717) is 0 Å². The summed E-state index contributed by atoms with van der Waals surface area (Å²) in [6, 6.07) is 47.3. The zero-order valence-electron chi connectivity index (χ0n) is 25.7. The topological polar surface area (TPSA) is 100 Å². The van der Waals surface area contributed by atoms with Crippen LogP contribution in [0.15, 0.2) is 146 Å². The van der Waals surface area contributed by atoms with Crippen LogP contribution in [0.2, 0.25) is 0 Å². The van der Waals surface area contributed by atoms with Crippen LogP contribution < -0.4 is 10.6 Å². The van der Waals surface area contributed by atoms with Crippen molar-refractivity contribution in [2.45, 2.75) is 12.3 Å². The molecule has 0 saturated heterocycles. The van der Waals surface area contributed by atoms with Gasteiger partial charge in [0.1, 0.15) is 35.5 Å². The molecule has 2 atom stereocenters. The third-order valence-corrected chi connectivity index (χ3v) is 9.09. The van der Waals surface area contributed by atoms with Gasteiger partial charge >= 0.3 is 0 Å². The lowest BCUT2D eigenvalue weighted by Crippen LogP contribution is -2.24. The fourth-order valence-corrected chi connectivity index (χ4v) is 6.89. The Hall–Kier alpha value is -6.54. The zero-order valence-corrected chi connectivity index (χ0v) is 25.7. The molecular formula is C40H30N6O2. The fourth-order valence-electron chi connectivity index (χ4n) is 6.89. The smallest absolute Gasteiger partial charge is 0.145 e. The highest BCUT2D eigenvalue weighted by atomic mass is 16.3. The highest BCUT2D eigenvalue weighted by Crippen LogP contribution is 2.43. The van der Waals surface area contributed by atoms with E-state index < -0.39 is 0 Å². The van der Waals surface area contributed by atoms with E-state index in [1.165, 1.54) is 0 Å². The van der Waals surface area contributed by atoms with Gasteiger partial charge in [-0.05, 0) is 60.7 Å². The molecule has 0 amide bonds. The molecule has 232 valence electrons. The van der Waals surface area contributed by atoms with Crippen LogP contribution in [-0.4, -0.2) is 29.3 Å². The van der Waals surface area contributed by atoms with E-state index in [-0.39, 0.29) is 23.8 Å². The molecule has 10 rings (SSSR count). The Kier molecular flexibility index (Phi) is 6.39. The van der Waals surface area contributed by atoms with Crippen LogP contribution in [-0.2, 0) is 0 Å². The summed E-state index contributed by atoms with van der Waals surface area (Å²) < 4.78 is 4.32. The van der Waals surface area contributed by atoms with Crippen molar-refractivity contribution in [2.75, 3.05) is 10.6 Å². The lowest BCUT2D eigenvalue weighted by atomic mass is 10.0. The molecule has 2 aromatic heterocycles. The van der Waals surface area contributed by atoms with Gasteiger partial charge in [-0.15, -0.1) is 0 Å². The third kappa shape index (κ3) is 4.38. The molecule has 8 heteroatoms. The van der Waals surface area contributed by atoms with E-state index in [2.05, 4.69) is 44.0 Å². The first-order valence-electron chi connectivity index (χ1n) is 15.9. The number of para-hydroxylation sites is 8. The van der Waals surface area contributed by atoms with Crippen molar-refractivity contribution in [1.29, 1.82) is 0 Å². The normalized spacial score (nSPS) is 15.6. The zero-order chi connectivity index (χ0) is 32.2. The molecule has 8 nitrogen and oxygen atoms in total. The van der Waals surface area contributed by atoms with E-state index in [9.17, 15) is 10.2 Å². The number of aromatic nitrogens is 4. The maximum atomic E-state index is 10.4. The summed E-state index contributed by atoms with van der Waals surface area (Å²) in [5.74, 6) is 2.38. The molecule has 0 fully saturated rings. The standard InChI is InChI=1S/2C20H15N3O/c2*24-18-12-6-2-8-14(18)20-21-15-9-3-1-7-13(15)19-22-16-10-4-5-11-17(16)23(19)20/h2*1-12,20-21,24H/t2*20-/m00/s1. The van der Waals surface area contributed by atoms with Crippen LogP contribution in [0.25, 0.3) is 44.8 Å². The SMILES string of the molecule is Oc1ccccc1[C@H]1Nc2ccccc2-c2nc3ccccc3n21.Oc1ccccc1[C@H]1Nc2ccccc2-c2nc3ccccc3n21. The van der Waals surface area contributed by atoms with Gasteiger partial charge in [0.05, 0.1) is 22.1 Å². The minimum absolute atomic E-state index is 0.205. The van der Waals surface area contributed by atoms with E-state index in [4.69, 9.17) is 9.97 Å². The molecule has 48 heavy (non-hydrogen) atoms. The average Bonchev–Trinajstić information content (AvgIpc) is 3.72. The van der Waals surface area contributed by atoms with Gasteiger partial charge in [-0.1, -0.05) is 84.9 Å². The van der Waals surface area contributed by atoms with Crippen molar-refractivity contribution in [3.8, 4) is 34.3 Å². The molecule has 0 spiro atoms. The first-order chi connectivity index (χ1) is 23.7. The van der Waals surface area contributed by atoms with Crippen LogP contribution in [0.1, 0.15) is 23.5 Å². The third-order valence-electron chi connectivity index (χ3n) is 9.09. The van der Waals surface area contributed by atoms with Gasteiger partial charge in [-0.25, -0.2) is 9.97 Å². The van der Waals surface area contributed by atoms with Gasteiger partial charge in [0.15, 0.2) is 0 Å². The summed E-state index contributed by atoms with van der Waals surface area (Å²) in [5.41, 5.74) is 9.83. The minimum atomic E-state index is -0.205. The van der Waals surface area contributed by atoms with Crippen LogP contribution in [0.4, 0.5) is 11.4 Å². The Balaban J connectivity index is 0.000000131. The van der Waals surface area contributed by atoms with Gasteiger partial charge in [-0.2, -0.15) is 0 Å². The number of aromatic hydroxyl groups is 2. The van der Waals surface area contributed by atoms with E-state index >= 15 is 0 Å². The Morgan fingerprint density at radius 3 is 1.27 bits per heavy atom. The molecule has 2 aliphatic heterocycles. The fraction of sp³-hybridized carbons (Fsp3) is 0.0500. The Morgan fingerprint density at radius 1 is 0.438 bits per heavy atom. The maximum absolute atomic E-state index is 10.4. The molecule has 4 heterocycles. The predicted molar refractivity (Wildman–Crippen MR) is 190 cm³/mol. The van der Waals surface area contributed by atoms with E-state index in [1.54, 1.807) is 12.1 Å². The molecule has 0 unspecified atom stereocenters. The highest BCUT2D eigenvalue weighted by Gasteiger charge is 2.30. The second-order valence-electron chi connectivity index (χ2n) is 11.9. The van der Waals surface area contributed by atoms with E-state index in [0.717, 1.165) is 67.3 Å². The quantitative estimate of drug-likeness (QED) is 0.153. The summed E-state index contributed by atoms with van der Waals surface area (Å²) in [6.07, 6.45) is -0.410. The maximum Gasteiger partial charge on any atom is 0.145 e. The van der Waals surface area contributed by atoms with E-state index in [1.807, 2.05) is 109 Å². The lowest BCUT2D eigenvalue weighted by molar-refractivity contribution is 0.459. The second-order valence-corrected chi connectivity index (χ2v) is 11.9. The number of nitrogens with one attached hydrogen (secondary N) is 2. The van der Waals surface area contributed by atoms with Crippen LogP contribution in [0.3, 0.4) is 0 Å². The van der Waals surface area contributed by atoms with Gasteiger partial charge in [0.2, 0.25) is 0 Å². The largest absolute Gasteiger partial charge is 0.508 e. The first-order valence-corrected chi connectivity index (χ1v) is 15.9. The van der Waals surface area contributed by atoms with Crippen LogP contribution in [0.5, 0.6) is 11.5 Å². The summed E-state index contributed by atoms with van der Waals surface area (Å²) in [4.78, 5) is 9.68. The summed E-state index contributed by atoms with van der Waals surface area (Å²) >= 11 is 0. The summed E-state index contributed by atoms with van der Waals surface area (Å²) in [5, 5.41) is 27.8. The summed E-state index contributed by atoms with van der Waals surface area (Å²) in [6.45, 7) is 0. The molecule has 6 aromatic carbocycles. The monoisotopic (exact) mass is 626 g/mol. The lowest BCUT2D eigenvalue weighted by Gasteiger charge is -2.30. The molecule has 2 aliphatic rings. The molecule has 0 radical (unpaired) electrons. The minimum Gasteiger partial charge on any atom is -0.508 e. The van der Waals surface area contributed by atoms with Crippen molar-refractivity contribution in [3.63, 3.8) is 0 Å². The Labute approximate surface area is 276 Å². The van der Waals surface area contributed by atoms with Gasteiger partial charge in [0.25, 0.3) is 0 Å². The van der Waals surface area contributed by atoms with Gasteiger partial charge in [-0.3, -0.25) is 9.13 Å². The van der Waals surface area contributed by atoms with Crippen LogP contribution in [0, 0.1) is 0 Å². The van der Waals surface area contributed by atoms with Crippen molar-refractivity contribution in [2.24, 2.45) is 0 Å². The average molecular weight is 627 g/mol. The Bertz CT molecular complexity index is 2310. The number of nitrogens with zero attached hydrogens (tertiary/aromatic N) is 4. The second kappa shape index (κ2) is 11.1. The number of phenolic OH excluding ortho intramolecular Hbond substituents is 2. The highest BCUT2D eigenvalue weighted by molar-refractivity contribution is 5.88. The number of rotatable bonds is 2. The number of benzene rings is 6. The summed E-state index contributed by atoms with van der Waals surface area (Å²) in [7, 11) is 0. The van der Waals surface area contributed by atoms with Crippen molar-refractivity contribution in [1.82, 2.24) is 19.1 Å². The number of imidazole rings is 2. The van der Waals surface area contributed by atoms with Crippen molar-refractivity contribution in [3.05, 3.63) is 157 Å². The first kappa shape index (κ1) is 27.7. The van der Waals surface area contributed by atoms with Gasteiger partial charge < -0.3 is 20.8 Å². The number of hydrogen-bond donors (Lipinski definition) is 4. The number of hydrogen-bond acceptors (Lipinski definition) is 6. The molecule has 0 aliphatic carbocycles. The number of phenols is 2. The Morgan fingerprint density at radius 2 is 0.812 bits per heavy atom. The predicted octanol–water partition coefficient (Wildman–Crippen LogP) is 8.76. The number of anilines is 2. The molecule has 4 N–H and O–H groups in total. The van der Waals surface area contributed by atoms with Crippen LogP contribution >= 0.6 is 0 Å². The molecule has 0 bridgehead atoms. The number of fused-ring (bicyclic) bond motifs is 10. The molecule has 8 aromatic rings. The van der Waals surface area contributed by atoms with Crippen molar-refractivity contribution < 1.29 is 10.2 Å². The van der Waals surface area contributed by atoms with Gasteiger partial charge in [0, 0.05) is 33.6 Å². The molecular weight excluding hydrogens is 596 g/mol. The molecule has 0 saturated carbocycles.